The number of methoxy groups -OCH3 is 1. The molecule has 8 heteroatoms. The van der Waals surface area contributed by atoms with Gasteiger partial charge in [-0.1, -0.05) is 18.2 Å². The molecular weight excluding hydrogens is 401 g/mol. The summed E-state index contributed by atoms with van der Waals surface area (Å²) in [7, 11) is 1.53. The van der Waals surface area contributed by atoms with Crippen molar-refractivity contribution in [3.8, 4) is 11.5 Å². The van der Waals surface area contributed by atoms with Crippen molar-refractivity contribution in [2.75, 3.05) is 20.2 Å². The minimum Gasteiger partial charge on any atom is -0.504 e. The molecule has 4 N–H and O–H groups in total. The summed E-state index contributed by atoms with van der Waals surface area (Å²) in [5, 5.41) is 19.7. The molecule has 0 aliphatic carbocycles. The molecule has 0 saturated carbocycles. The van der Waals surface area contributed by atoms with Crippen molar-refractivity contribution < 1.29 is 14.6 Å². The number of carbonyl (C=O) groups is 1. The maximum Gasteiger partial charge on any atom is 0.248 e. The van der Waals surface area contributed by atoms with Crippen LogP contribution in [0.25, 0.3) is 0 Å². The monoisotopic (exact) mass is 433 g/mol. The molecular formula is C20H33Cl2N3O3. The summed E-state index contributed by atoms with van der Waals surface area (Å²) >= 11 is 0. The molecule has 0 atom stereocenters. The van der Waals surface area contributed by atoms with Gasteiger partial charge in [-0.2, -0.15) is 0 Å². The van der Waals surface area contributed by atoms with Gasteiger partial charge in [-0.05, 0) is 46.7 Å². The number of carbonyl (C=O) groups excluding carboxylic acids is 1. The van der Waals surface area contributed by atoms with Crippen LogP contribution in [0, 0.1) is 0 Å². The number of para-hydroxylation sites is 1. The van der Waals surface area contributed by atoms with Gasteiger partial charge in [0, 0.05) is 35.3 Å². The average molecular weight is 434 g/mol. The molecule has 0 bridgehead atoms. The summed E-state index contributed by atoms with van der Waals surface area (Å²) in [4.78, 5) is 12.4. The summed E-state index contributed by atoms with van der Waals surface area (Å²) in [6.45, 7) is 10.1. The lowest BCUT2D eigenvalue weighted by Crippen LogP contribution is -2.47. The molecule has 28 heavy (non-hydrogen) atoms. The van der Waals surface area contributed by atoms with Gasteiger partial charge in [0.1, 0.15) is 0 Å². The highest BCUT2D eigenvalue weighted by atomic mass is 35.5. The van der Waals surface area contributed by atoms with Crippen LogP contribution < -0.4 is 20.7 Å². The summed E-state index contributed by atoms with van der Waals surface area (Å²) in [5.74, 6) is 0.625. The average Bonchev–Trinajstić information content (AvgIpc) is 2.79. The molecule has 1 aromatic carbocycles. The minimum absolute atomic E-state index is 0. The Bertz CT molecular complexity index is 691. The third-order valence-corrected chi connectivity index (χ3v) is 4.49. The number of amides is 1. The molecule has 0 saturated heterocycles. The number of halogens is 2. The van der Waals surface area contributed by atoms with E-state index in [1.165, 1.54) is 7.11 Å². The predicted octanol–water partition coefficient (Wildman–Crippen LogP) is 2.93. The van der Waals surface area contributed by atoms with Crippen LogP contribution in [0.3, 0.4) is 0 Å². The number of rotatable bonds is 8. The zero-order valence-corrected chi connectivity index (χ0v) is 18.9. The first-order valence-electron chi connectivity index (χ1n) is 9.03. The maximum absolute atomic E-state index is 12.4. The van der Waals surface area contributed by atoms with Crippen LogP contribution in [0.1, 0.15) is 39.7 Å². The topological polar surface area (TPSA) is 82.6 Å². The predicted molar refractivity (Wildman–Crippen MR) is 118 cm³/mol. The molecule has 1 heterocycles. The normalized spacial score (nSPS) is 16.4. The smallest absolute Gasteiger partial charge is 0.248 e. The highest BCUT2D eigenvalue weighted by Crippen LogP contribution is 2.30. The number of nitrogens with one attached hydrogen (secondary N) is 3. The van der Waals surface area contributed by atoms with Gasteiger partial charge in [0.25, 0.3) is 0 Å². The third-order valence-electron chi connectivity index (χ3n) is 4.49. The van der Waals surface area contributed by atoms with Crippen LogP contribution >= 0.6 is 24.8 Å². The Morgan fingerprint density at radius 3 is 2.43 bits per heavy atom. The van der Waals surface area contributed by atoms with Crippen LogP contribution in [-0.4, -0.2) is 42.3 Å². The van der Waals surface area contributed by atoms with Crippen molar-refractivity contribution in [2.24, 2.45) is 0 Å². The van der Waals surface area contributed by atoms with E-state index in [0.717, 1.165) is 24.1 Å². The van der Waals surface area contributed by atoms with Gasteiger partial charge < -0.3 is 20.5 Å². The van der Waals surface area contributed by atoms with Gasteiger partial charge in [0.05, 0.1) is 7.11 Å². The number of hydrogen-bond acceptors (Lipinski definition) is 5. The maximum atomic E-state index is 12.4. The minimum atomic E-state index is -0.324. The number of phenols is 1. The van der Waals surface area contributed by atoms with Crippen LogP contribution in [0.2, 0.25) is 0 Å². The molecule has 2 rings (SSSR count). The Morgan fingerprint density at radius 1 is 1.18 bits per heavy atom. The van der Waals surface area contributed by atoms with E-state index in [0.29, 0.717) is 18.8 Å². The fourth-order valence-corrected chi connectivity index (χ4v) is 3.41. The second-order valence-electron chi connectivity index (χ2n) is 7.78. The molecule has 0 unspecified atom stereocenters. The lowest BCUT2D eigenvalue weighted by molar-refractivity contribution is -0.118. The SMILES string of the molecule is COc1cccc(CNCCCNC(=O)C2=CC(C)(C)NC2(C)C)c1O.Cl.Cl. The molecule has 0 fully saturated rings. The van der Waals surface area contributed by atoms with Crippen molar-refractivity contribution in [1.29, 1.82) is 0 Å². The van der Waals surface area contributed by atoms with Crippen molar-refractivity contribution in [1.82, 2.24) is 16.0 Å². The highest BCUT2D eigenvalue weighted by molar-refractivity contribution is 5.96. The molecule has 1 amide bonds. The quantitative estimate of drug-likeness (QED) is 0.473. The number of aromatic hydroxyl groups is 1. The largest absolute Gasteiger partial charge is 0.504 e. The van der Waals surface area contributed by atoms with E-state index in [9.17, 15) is 9.90 Å². The number of hydrogen-bond donors (Lipinski definition) is 4. The van der Waals surface area contributed by atoms with E-state index in [-0.39, 0.29) is 47.5 Å². The summed E-state index contributed by atoms with van der Waals surface area (Å²) < 4.78 is 5.10. The molecule has 6 nitrogen and oxygen atoms in total. The molecule has 160 valence electrons. The van der Waals surface area contributed by atoms with E-state index >= 15 is 0 Å². The Labute approximate surface area is 180 Å². The van der Waals surface area contributed by atoms with Crippen LogP contribution in [-0.2, 0) is 11.3 Å². The van der Waals surface area contributed by atoms with Crippen LogP contribution in [0.4, 0.5) is 0 Å². The summed E-state index contributed by atoms with van der Waals surface area (Å²) in [6.07, 6.45) is 2.81. The fraction of sp³-hybridized carbons (Fsp3) is 0.550. The molecule has 0 spiro atoms. The van der Waals surface area contributed by atoms with E-state index < -0.39 is 0 Å². The Balaban J connectivity index is 0.00000364. The lowest BCUT2D eigenvalue weighted by atomic mass is 9.96. The van der Waals surface area contributed by atoms with Gasteiger partial charge in [0.15, 0.2) is 11.5 Å². The molecule has 1 aliphatic heterocycles. The van der Waals surface area contributed by atoms with Gasteiger partial charge >= 0.3 is 0 Å². The second-order valence-corrected chi connectivity index (χ2v) is 7.78. The standard InChI is InChI=1S/C20H31N3O3.2ClH/c1-19(2)12-15(20(3,4)23-19)18(25)22-11-7-10-21-13-14-8-6-9-16(26-5)17(14)24;;/h6,8-9,12,21,23-24H,7,10-11,13H2,1-5H3,(H,22,25);2*1H. The molecule has 1 aliphatic rings. The van der Waals surface area contributed by atoms with Gasteiger partial charge in [-0.15, -0.1) is 24.8 Å². The van der Waals surface area contributed by atoms with Crippen molar-refractivity contribution in [2.45, 2.75) is 51.7 Å². The van der Waals surface area contributed by atoms with Crippen molar-refractivity contribution >= 4 is 30.7 Å². The van der Waals surface area contributed by atoms with E-state index in [1.54, 1.807) is 6.07 Å². The fourth-order valence-electron chi connectivity index (χ4n) is 3.41. The van der Waals surface area contributed by atoms with Crippen molar-refractivity contribution in [3.05, 3.63) is 35.4 Å². The molecule has 1 aromatic rings. The van der Waals surface area contributed by atoms with Gasteiger partial charge in [-0.3, -0.25) is 10.1 Å². The van der Waals surface area contributed by atoms with Crippen LogP contribution in [0.5, 0.6) is 11.5 Å². The summed E-state index contributed by atoms with van der Waals surface area (Å²) in [5.41, 5.74) is 1.09. The van der Waals surface area contributed by atoms with Gasteiger partial charge in [-0.25, -0.2) is 0 Å². The number of benzene rings is 1. The lowest BCUT2D eigenvalue weighted by Gasteiger charge is -2.27. The van der Waals surface area contributed by atoms with E-state index in [1.807, 2.05) is 32.1 Å². The number of ether oxygens (including phenoxy) is 1. The summed E-state index contributed by atoms with van der Waals surface area (Å²) in [6, 6.07) is 5.43. The Kier molecular flexibility index (Phi) is 10.3. The Morgan fingerprint density at radius 2 is 1.86 bits per heavy atom. The number of phenolic OH excluding ortho intramolecular Hbond substituents is 1. The molecule has 0 radical (unpaired) electrons. The zero-order chi connectivity index (χ0) is 19.4. The second kappa shape index (κ2) is 10.9. The highest BCUT2D eigenvalue weighted by Gasteiger charge is 2.39. The first-order chi connectivity index (χ1) is 12.2. The molecule has 0 aromatic heterocycles. The zero-order valence-electron chi connectivity index (χ0n) is 17.2. The first-order valence-corrected chi connectivity index (χ1v) is 9.03. The van der Waals surface area contributed by atoms with Crippen LogP contribution in [0.15, 0.2) is 29.8 Å². The first kappa shape index (κ1) is 26.5. The van der Waals surface area contributed by atoms with E-state index in [4.69, 9.17) is 4.74 Å². The Hall–Kier alpha value is -1.47. The van der Waals surface area contributed by atoms with Crippen molar-refractivity contribution in [3.63, 3.8) is 0 Å². The van der Waals surface area contributed by atoms with Gasteiger partial charge in [0.2, 0.25) is 5.91 Å². The third kappa shape index (κ3) is 6.85. The van der Waals surface area contributed by atoms with E-state index in [2.05, 4.69) is 29.8 Å².